The zero-order chi connectivity index (χ0) is 12.3. The Balaban J connectivity index is 2.44. The number of nitrogens with one attached hydrogen (secondary N) is 1. The van der Waals surface area contributed by atoms with Gasteiger partial charge < -0.3 is 11.1 Å². The first-order chi connectivity index (χ1) is 8.26. The summed E-state index contributed by atoms with van der Waals surface area (Å²) in [6, 6.07) is 6.51. The number of nitrogens with two attached hydrogens (primary N) is 1. The molecule has 17 heavy (non-hydrogen) atoms. The molecule has 3 heteroatoms. The van der Waals surface area contributed by atoms with Gasteiger partial charge in [-0.2, -0.15) is 0 Å². The van der Waals surface area contributed by atoms with E-state index in [-0.39, 0.29) is 0 Å². The lowest BCUT2D eigenvalue weighted by molar-refractivity contribution is 0.672. The molecule has 90 valence electrons. The lowest BCUT2D eigenvalue weighted by Crippen LogP contribution is -2.17. The number of pyridine rings is 1. The van der Waals surface area contributed by atoms with E-state index in [1.54, 1.807) is 6.20 Å². The Morgan fingerprint density at radius 2 is 1.94 bits per heavy atom. The minimum atomic E-state index is 0.509. The highest BCUT2D eigenvalue weighted by Crippen LogP contribution is 2.28. The first-order valence-electron chi connectivity index (χ1n) is 6.15. The Kier molecular flexibility index (Phi) is 3.47. The number of nitrogens with zero attached hydrogens (tertiary/aromatic N) is 1. The fraction of sp³-hybridized carbons (Fsp3) is 0.357. The van der Waals surface area contributed by atoms with Crippen molar-refractivity contribution in [3.8, 4) is 0 Å². The van der Waals surface area contributed by atoms with Gasteiger partial charge in [0.05, 0.1) is 0 Å². The summed E-state index contributed by atoms with van der Waals surface area (Å²) in [5, 5.41) is 5.73. The van der Waals surface area contributed by atoms with E-state index < -0.39 is 0 Å². The first kappa shape index (κ1) is 11.7. The highest BCUT2D eigenvalue weighted by atomic mass is 14.9. The van der Waals surface area contributed by atoms with Crippen molar-refractivity contribution >= 4 is 22.1 Å². The van der Waals surface area contributed by atoms with Gasteiger partial charge in [0, 0.05) is 40.6 Å². The largest absolute Gasteiger partial charge is 0.398 e. The quantitative estimate of drug-likeness (QED) is 0.790. The average molecular weight is 229 g/mol. The van der Waals surface area contributed by atoms with E-state index >= 15 is 0 Å². The molecular formula is C14H19N3. The molecule has 0 unspecified atom stereocenters. The molecule has 0 saturated heterocycles. The van der Waals surface area contributed by atoms with E-state index in [2.05, 4.69) is 30.2 Å². The molecule has 2 aromatic rings. The van der Waals surface area contributed by atoms with Crippen LogP contribution in [0.25, 0.3) is 10.8 Å². The number of nitrogen functional groups attached to an aromatic ring is 1. The molecule has 0 aliphatic carbocycles. The van der Waals surface area contributed by atoms with Crippen LogP contribution in [0.15, 0.2) is 30.6 Å². The Hall–Kier alpha value is -1.77. The van der Waals surface area contributed by atoms with E-state index in [0.29, 0.717) is 6.04 Å². The number of benzene rings is 1. The highest BCUT2D eigenvalue weighted by molar-refractivity contribution is 6.00. The summed E-state index contributed by atoms with van der Waals surface area (Å²) >= 11 is 0. The predicted molar refractivity (Wildman–Crippen MR) is 74.1 cm³/mol. The van der Waals surface area contributed by atoms with Crippen LogP contribution in [0.1, 0.15) is 26.7 Å². The molecule has 0 spiro atoms. The van der Waals surface area contributed by atoms with Gasteiger partial charge in [-0.15, -0.1) is 0 Å². The van der Waals surface area contributed by atoms with Crippen molar-refractivity contribution < 1.29 is 0 Å². The summed E-state index contributed by atoms with van der Waals surface area (Å²) in [6.07, 6.45) is 5.86. The lowest BCUT2D eigenvalue weighted by Gasteiger charge is -2.18. The third-order valence-electron chi connectivity index (χ3n) is 3.20. The standard InChI is InChI=1S/C14H19N3/c1-3-10(4-2)17-14-6-5-13(15)12-9-16-8-7-11(12)14/h5-10,17H,3-4,15H2,1-2H3. The Labute approximate surface area is 102 Å². The van der Waals surface area contributed by atoms with Gasteiger partial charge in [-0.05, 0) is 31.0 Å². The van der Waals surface area contributed by atoms with Gasteiger partial charge in [0.2, 0.25) is 0 Å². The third kappa shape index (κ3) is 2.33. The van der Waals surface area contributed by atoms with Crippen LogP contribution in [0.4, 0.5) is 11.4 Å². The van der Waals surface area contributed by atoms with Crippen molar-refractivity contribution in [2.45, 2.75) is 32.7 Å². The van der Waals surface area contributed by atoms with Crippen LogP contribution in [0.5, 0.6) is 0 Å². The van der Waals surface area contributed by atoms with Crippen molar-refractivity contribution in [1.82, 2.24) is 4.98 Å². The number of hydrogen-bond acceptors (Lipinski definition) is 3. The Morgan fingerprint density at radius 1 is 1.18 bits per heavy atom. The zero-order valence-electron chi connectivity index (χ0n) is 10.4. The minimum absolute atomic E-state index is 0.509. The molecule has 3 nitrogen and oxygen atoms in total. The molecule has 0 amide bonds. The SMILES string of the molecule is CCC(CC)Nc1ccc(N)c2cnccc12. The maximum atomic E-state index is 5.95. The maximum Gasteiger partial charge on any atom is 0.0424 e. The van der Waals surface area contributed by atoms with Crippen LogP contribution in [0.2, 0.25) is 0 Å². The minimum Gasteiger partial charge on any atom is -0.398 e. The topological polar surface area (TPSA) is 50.9 Å². The second-order valence-electron chi connectivity index (χ2n) is 4.28. The number of rotatable bonds is 4. The molecular weight excluding hydrogens is 210 g/mol. The molecule has 0 saturated carbocycles. The summed E-state index contributed by atoms with van der Waals surface area (Å²) < 4.78 is 0. The molecule has 1 aromatic carbocycles. The first-order valence-corrected chi connectivity index (χ1v) is 6.15. The van der Waals surface area contributed by atoms with Gasteiger partial charge in [0.25, 0.3) is 0 Å². The summed E-state index contributed by atoms with van der Waals surface area (Å²) in [7, 11) is 0. The number of anilines is 2. The zero-order valence-corrected chi connectivity index (χ0v) is 10.4. The predicted octanol–water partition coefficient (Wildman–Crippen LogP) is 3.42. The average Bonchev–Trinajstić information content (AvgIpc) is 2.38. The van der Waals surface area contributed by atoms with Crippen molar-refractivity contribution in [2.75, 3.05) is 11.1 Å². The van der Waals surface area contributed by atoms with Crippen LogP contribution in [0.3, 0.4) is 0 Å². The van der Waals surface area contributed by atoms with E-state index in [4.69, 9.17) is 5.73 Å². The van der Waals surface area contributed by atoms with Crippen molar-refractivity contribution in [2.24, 2.45) is 0 Å². The summed E-state index contributed by atoms with van der Waals surface area (Å²) in [5.41, 5.74) is 7.88. The Bertz CT molecular complexity index is 504. The maximum absolute atomic E-state index is 5.95. The lowest BCUT2D eigenvalue weighted by atomic mass is 10.1. The molecule has 2 rings (SSSR count). The van der Waals surface area contributed by atoms with Crippen molar-refractivity contribution in [3.05, 3.63) is 30.6 Å². The van der Waals surface area contributed by atoms with E-state index in [1.807, 2.05) is 18.3 Å². The van der Waals surface area contributed by atoms with E-state index in [1.165, 1.54) is 0 Å². The fourth-order valence-corrected chi connectivity index (χ4v) is 2.05. The number of aromatic nitrogens is 1. The smallest absolute Gasteiger partial charge is 0.0424 e. The van der Waals surface area contributed by atoms with Crippen LogP contribution in [0, 0.1) is 0 Å². The van der Waals surface area contributed by atoms with E-state index in [9.17, 15) is 0 Å². The number of hydrogen-bond donors (Lipinski definition) is 2. The van der Waals surface area contributed by atoms with Gasteiger partial charge in [0.1, 0.15) is 0 Å². The molecule has 1 aromatic heterocycles. The van der Waals surface area contributed by atoms with Gasteiger partial charge >= 0.3 is 0 Å². The molecule has 0 radical (unpaired) electrons. The van der Waals surface area contributed by atoms with Gasteiger partial charge in [-0.1, -0.05) is 13.8 Å². The molecule has 0 aliphatic rings. The summed E-state index contributed by atoms with van der Waals surface area (Å²) in [5.74, 6) is 0. The highest BCUT2D eigenvalue weighted by Gasteiger charge is 2.07. The molecule has 0 atom stereocenters. The summed E-state index contributed by atoms with van der Waals surface area (Å²) in [4.78, 5) is 4.13. The van der Waals surface area contributed by atoms with Gasteiger partial charge in [-0.3, -0.25) is 4.98 Å². The van der Waals surface area contributed by atoms with Crippen LogP contribution < -0.4 is 11.1 Å². The van der Waals surface area contributed by atoms with Gasteiger partial charge in [0.15, 0.2) is 0 Å². The van der Waals surface area contributed by atoms with Crippen molar-refractivity contribution in [3.63, 3.8) is 0 Å². The second kappa shape index (κ2) is 5.04. The van der Waals surface area contributed by atoms with Crippen LogP contribution in [-0.2, 0) is 0 Å². The van der Waals surface area contributed by atoms with Gasteiger partial charge in [-0.25, -0.2) is 0 Å². The molecule has 0 aliphatic heterocycles. The Morgan fingerprint density at radius 3 is 2.65 bits per heavy atom. The molecule has 0 bridgehead atoms. The van der Waals surface area contributed by atoms with E-state index in [0.717, 1.165) is 35.0 Å². The molecule has 1 heterocycles. The monoisotopic (exact) mass is 229 g/mol. The molecule has 0 fully saturated rings. The molecule has 3 N–H and O–H groups in total. The fourth-order valence-electron chi connectivity index (χ4n) is 2.05. The van der Waals surface area contributed by atoms with Crippen molar-refractivity contribution in [1.29, 1.82) is 0 Å². The van der Waals surface area contributed by atoms with Crippen LogP contribution in [-0.4, -0.2) is 11.0 Å². The third-order valence-corrected chi connectivity index (χ3v) is 3.20. The van der Waals surface area contributed by atoms with Crippen LogP contribution >= 0.6 is 0 Å². The normalized spacial score (nSPS) is 11.0. The second-order valence-corrected chi connectivity index (χ2v) is 4.28. The summed E-state index contributed by atoms with van der Waals surface area (Å²) in [6.45, 7) is 4.39. The number of fused-ring (bicyclic) bond motifs is 1.